The summed E-state index contributed by atoms with van der Waals surface area (Å²) in [5, 5.41) is 4.47. The Bertz CT molecular complexity index is 724. The van der Waals surface area contributed by atoms with E-state index in [4.69, 9.17) is 16.3 Å². The molecule has 0 unspecified atom stereocenters. The fourth-order valence-corrected chi connectivity index (χ4v) is 2.30. The molecular formula is C14H12ClN3O. The van der Waals surface area contributed by atoms with Gasteiger partial charge in [-0.1, -0.05) is 30.3 Å². The molecule has 3 aromatic rings. The molecule has 0 amide bonds. The van der Waals surface area contributed by atoms with Crippen molar-refractivity contribution in [2.24, 2.45) is 0 Å². The normalized spacial score (nSPS) is 11.1. The Morgan fingerprint density at radius 1 is 1.16 bits per heavy atom. The van der Waals surface area contributed by atoms with E-state index >= 15 is 0 Å². The van der Waals surface area contributed by atoms with Crippen LogP contribution in [0.1, 0.15) is 5.56 Å². The quantitative estimate of drug-likeness (QED) is 0.736. The molecule has 0 saturated carbocycles. The molecule has 0 aliphatic rings. The maximum absolute atomic E-state index is 5.88. The lowest BCUT2D eigenvalue weighted by Gasteiger charge is -2.09. The molecule has 0 atom stereocenters. The summed E-state index contributed by atoms with van der Waals surface area (Å²) in [6.45, 7) is 0.551. The van der Waals surface area contributed by atoms with Crippen molar-refractivity contribution in [2.75, 3.05) is 7.11 Å². The molecule has 0 saturated heterocycles. The minimum atomic E-state index is 0.247. The van der Waals surface area contributed by atoms with Crippen LogP contribution in [-0.2, 0) is 11.3 Å². The number of halogens is 1. The number of hydrogen-bond acceptors (Lipinski definition) is 3. The summed E-state index contributed by atoms with van der Waals surface area (Å²) >= 11 is 5.88. The van der Waals surface area contributed by atoms with Gasteiger partial charge in [-0.05, 0) is 29.3 Å². The molecule has 3 rings (SSSR count). The number of hydrogen-bond donors (Lipinski definition) is 0. The second-order valence-corrected chi connectivity index (χ2v) is 4.49. The van der Waals surface area contributed by atoms with Gasteiger partial charge in [0.2, 0.25) is 5.28 Å². The Kier molecular flexibility index (Phi) is 3.19. The molecule has 2 heterocycles. The van der Waals surface area contributed by atoms with Crippen LogP contribution >= 0.6 is 11.6 Å². The summed E-state index contributed by atoms with van der Waals surface area (Å²) in [5.74, 6) is 0. The maximum Gasteiger partial charge on any atom is 0.243 e. The minimum absolute atomic E-state index is 0.247. The summed E-state index contributed by atoms with van der Waals surface area (Å²) < 4.78 is 6.98. The summed E-state index contributed by atoms with van der Waals surface area (Å²) in [6.07, 6.45) is 0. The number of methoxy groups -OCH3 is 1. The third-order valence-electron chi connectivity index (χ3n) is 2.93. The van der Waals surface area contributed by atoms with E-state index in [1.165, 1.54) is 0 Å². The zero-order valence-corrected chi connectivity index (χ0v) is 11.1. The number of pyridine rings is 1. The fraction of sp³-hybridized carbons (Fsp3) is 0.143. The van der Waals surface area contributed by atoms with Crippen molar-refractivity contribution in [1.82, 2.24) is 14.6 Å². The van der Waals surface area contributed by atoms with Crippen LogP contribution in [0.3, 0.4) is 0 Å². The molecule has 0 N–H and O–H groups in total. The van der Waals surface area contributed by atoms with Gasteiger partial charge in [-0.25, -0.2) is 4.52 Å². The molecule has 2 aromatic heterocycles. The molecule has 5 heteroatoms. The highest BCUT2D eigenvalue weighted by atomic mass is 35.5. The van der Waals surface area contributed by atoms with E-state index in [1.807, 2.05) is 42.5 Å². The number of aromatic nitrogens is 3. The van der Waals surface area contributed by atoms with Gasteiger partial charge in [-0.2, -0.15) is 4.98 Å². The SMILES string of the molecule is COCc1ccccc1-c1cccc2nc(Cl)nn12. The number of nitrogens with zero attached hydrogens (tertiary/aromatic N) is 3. The molecule has 0 radical (unpaired) electrons. The van der Waals surface area contributed by atoms with Crippen LogP contribution in [0.15, 0.2) is 42.5 Å². The molecule has 0 fully saturated rings. The lowest BCUT2D eigenvalue weighted by Crippen LogP contribution is -1.98. The molecule has 96 valence electrons. The molecule has 4 nitrogen and oxygen atoms in total. The molecular weight excluding hydrogens is 262 g/mol. The maximum atomic E-state index is 5.88. The van der Waals surface area contributed by atoms with Crippen molar-refractivity contribution in [3.05, 3.63) is 53.3 Å². The molecule has 0 aliphatic carbocycles. The zero-order chi connectivity index (χ0) is 13.2. The average Bonchev–Trinajstić information content (AvgIpc) is 2.80. The summed E-state index contributed by atoms with van der Waals surface area (Å²) in [4.78, 5) is 4.16. The number of rotatable bonds is 3. The third kappa shape index (κ3) is 2.20. The van der Waals surface area contributed by atoms with Crippen LogP contribution in [0.4, 0.5) is 0 Å². The first-order valence-electron chi connectivity index (χ1n) is 5.88. The number of ether oxygens (including phenoxy) is 1. The van der Waals surface area contributed by atoms with E-state index in [0.717, 1.165) is 22.5 Å². The van der Waals surface area contributed by atoms with E-state index in [0.29, 0.717) is 6.61 Å². The highest BCUT2D eigenvalue weighted by molar-refractivity contribution is 6.28. The minimum Gasteiger partial charge on any atom is -0.380 e. The highest BCUT2D eigenvalue weighted by Gasteiger charge is 2.10. The predicted molar refractivity (Wildman–Crippen MR) is 74.1 cm³/mol. The van der Waals surface area contributed by atoms with Gasteiger partial charge < -0.3 is 4.74 Å². The van der Waals surface area contributed by atoms with Gasteiger partial charge in [0.15, 0.2) is 5.65 Å². The molecule has 0 spiro atoms. The second kappa shape index (κ2) is 4.99. The standard InChI is InChI=1S/C14H12ClN3O/c1-19-9-10-5-2-3-6-11(10)12-7-4-8-13-16-14(15)17-18(12)13/h2-8H,9H2,1H3. The zero-order valence-electron chi connectivity index (χ0n) is 10.4. The predicted octanol–water partition coefficient (Wildman–Crippen LogP) is 3.20. The smallest absolute Gasteiger partial charge is 0.243 e. The van der Waals surface area contributed by atoms with Crippen molar-refractivity contribution in [1.29, 1.82) is 0 Å². The highest BCUT2D eigenvalue weighted by Crippen LogP contribution is 2.25. The second-order valence-electron chi connectivity index (χ2n) is 4.15. The van der Waals surface area contributed by atoms with E-state index in [-0.39, 0.29) is 5.28 Å². The van der Waals surface area contributed by atoms with Crippen LogP contribution in [-0.4, -0.2) is 21.7 Å². The van der Waals surface area contributed by atoms with E-state index in [9.17, 15) is 0 Å². The van der Waals surface area contributed by atoms with E-state index < -0.39 is 0 Å². The van der Waals surface area contributed by atoms with Crippen LogP contribution in [0.2, 0.25) is 5.28 Å². The van der Waals surface area contributed by atoms with Crippen molar-refractivity contribution in [2.45, 2.75) is 6.61 Å². The van der Waals surface area contributed by atoms with E-state index in [1.54, 1.807) is 11.6 Å². The van der Waals surface area contributed by atoms with Gasteiger partial charge in [-0.15, -0.1) is 5.10 Å². The number of fused-ring (bicyclic) bond motifs is 1. The van der Waals surface area contributed by atoms with Gasteiger partial charge in [0.1, 0.15) is 0 Å². The Hall–Kier alpha value is -1.91. The van der Waals surface area contributed by atoms with Gasteiger partial charge >= 0.3 is 0 Å². The summed E-state index contributed by atoms with van der Waals surface area (Å²) in [5.41, 5.74) is 3.85. The Balaban J connectivity index is 2.24. The summed E-state index contributed by atoms with van der Waals surface area (Å²) in [6, 6.07) is 13.9. The first kappa shape index (κ1) is 12.1. The van der Waals surface area contributed by atoms with Gasteiger partial charge in [0.05, 0.1) is 12.3 Å². The Morgan fingerprint density at radius 2 is 2.00 bits per heavy atom. The largest absolute Gasteiger partial charge is 0.380 e. The van der Waals surface area contributed by atoms with Crippen molar-refractivity contribution in [3.63, 3.8) is 0 Å². The van der Waals surface area contributed by atoms with Crippen LogP contribution < -0.4 is 0 Å². The molecule has 19 heavy (non-hydrogen) atoms. The van der Waals surface area contributed by atoms with Crippen molar-refractivity contribution in [3.8, 4) is 11.3 Å². The van der Waals surface area contributed by atoms with Crippen molar-refractivity contribution >= 4 is 17.2 Å². The average molecular weight is 274 g/mol. The third-order valence-corrected chi connectivity index (χ3v) is 3.09. The van der Waals surface area contributed by atoms with Crippen LogP contribution in [0.5, 0.6) is 0 Å². The lowest BCUT2D eigenvalue weighted by molar-refractivity contribution is 0.185. The Labute approximate surface area is 115 Å². The first-order chi connectivity index (χ1) is 9.29. The fourth-order valence-electron chi connectivity index (χ4n) is 2.13. The van der Waals surface area contributed by atoms with Gasteiger partial charge in [0, 0.05) is 12.7 Å². The monoisotopic (exact) mass is 273 g/mol. The topological polar surface area (TPSA) is 39.4 Å². The van der Waals surface area contributed by atoms with E-state index in [2.05, 4.69) is 10.1 Å². The molecule has 0 aliphatic heterocycles. The van der Waals surface area contributed by atoms with Crippen molar-refractivity contribution < 1.29 is 4.74 Å². The van der Waals surface area contributed by atoms with Gasteiger partial charge in [-0.3, -0.25) is 0 Å². The van der Waals surface area contributed by atoms with Crippen LogP contribution in [0.25, 0.3) is 16.9 Å². The molecule has 1 aromatic carbocycles. The summed E-state index contributed by atoms with van der Waals surface area (Å²) in [7, 11) is 1.68. The Morgan fingerprint density at radius 3 is 2.84 bits per heavy atom. The number of benzene rings is 1. The molecule has 0 bridgehead atoms. The van der Waals surface area contributed by atoms with Crippen LogP contribution in [0, 0.1) is 0 Å². The van der Waals surface area contributed by atoms with Gasteiger partial charge in [0.25, 0.3) is 0 Å². The lowest BCUT2D eigenvalue weighted by atomic mass is 10.0. The first-order valence-corrected chi connectivity index (χ1v) is 6.26.